The molecule has 0 amide bonds. The Morgan fingerprint density at radius 2 is 2.08 bits per heavy atom. The highest BCUT2D eigenvalue weighted by Gasteiger charge is 2.34. The molecule has 5 heteroatoms. The smallest absolute Gasteiger partial charge is 0.189 e. The minimum absolute atomic E-state index is 0.146. The highest BCUT2D eigenvalue weighted by atomic mass is 16.5. The zero-order valence-corrected chi connectivity index (χ0v) is 14.8. The maximum Gasteiger partial charge on any atom is 0.189 e. The first-order chi connectivity index (χ1) is 11.6. The van der Waals surface area contributed by atoms with Gasteiger partial charge in [-0.15, -0.1) is 0 Å². The van der Waals surface area contributed by atoms with E-state index in [-0.39, 0.29) is 11.6 Å². The Kier molecular flexibility index (Phi) is 5.29. The Morgan fingerprint density at radius 1 is 1.33 bits per heavy atom. The molecule has 1 unspecified atom stereocenters. The molecule has 0 spiro atoms. The lowest BCUT2D eigenvalue weighted by atomic mass is 9.79. The molecule has 3 rings (SSSR count). The van der Waals surface area contributed by atoms with Crippen molar-refractivity contribution in [2.75, 3.05) is 20.3 Å². The van der Waals surface area contributed by atoms with Gasteiger partial charge in [-0.05, 0) is 37.7 Å². The van der Waals surface area contributed by atoms with E-state index < -0.39 is 0 Å². The van der Waals surface area contributed by atoms with Gasteiger partial charge in [0.05, 0.1) is 24.8 Å². The summed E-state index contributed by atoms with van der Waals surface area (Å²) in [4.78, 5) is 4.60. The Hall–Kier alpha value is -1.75. The number of rotatable bonds is 4. The number of para-hydroxylation sites is 1. The van der Waals surface area contributed by atoms with Crippen LogP contribution in [0.1, 0.15) is 50.6 Å². The normalized spacial score (nSPS) is 30.3. The summed E-state index contributed by atoms with van der Waals surface area (Å²) in [5.74, 6) is 2.21. The molecule has 1 aliphatic carbocycles. The third kappa shape index (κ3) is 3.83. The number of hydrogen-bond donors (Lipinski definition) is 2. The lowest BCUT2D eigenvalue weighted by Gasteiger charge is -2.37. The number of fused-ring (bicyclic) bond motifs is 1. The molecule has 1 fully saturated rings. The third-order valence-electron chi connectivity index (χ3n) is 5.44. The van der Waals surface area contributed by atoms with Gasteiger partial charge < -0.3 is 20.5 Å². The van der Waals surface area contributed by atoms with Gasteiger partial charge in [-0.3, -0.25) is 4.99 Å². The van der Waals surface area contributed by atoms with Crippen LogP contribution in [0.2, 0.25) is 0 Å². The van der Waals surface area contributed by atoms with Crippen LogP contribution in [-0.2, 0) is 4.74 Å². The van der Waals surface area contributed by atoms with Gasteiger partial charge in [-0.25, -0.2) is 0 Å². The molecule has 1 heterocycles. The Labute approximate surface area is 144 Å². The molecule has 132 valence electrons. The van der Waals surface area contributed by atoms with Crippen molar-refractivity contribution >= 4 is 5.96 Å². The average molecular weight is 331 g/mol. The minimum atomic E-state index is -0.146. The summed E-state index contributed by atoms with van der Waals surface area (Å²) in [5, 5.41) is 3.36. The van der Waals surface area contributed by atoms with E-state index in [1.165, 1.54) is 12.8 Å². The summed E-state index contributed by atoms with van der Waals surface area (Å²) in [6.45, 7) is 3.63. The fraction of sp³-hybridized carbons (Fsp3) is 0.632. The molecule has 0 bridgehead atoms. The molecular weight excluding hydrogens is 302 g/mol. The summed E-state index contributed by atoms with van der Waals surface area (Å²) in [7, 11) is 1.80. The molecule has 24 heavy (non-hydrogen) atoms. The van der Waals surface area contributed by atoms with Crippen LogP contribution in [0.4, 0.5) is 0 Å². The Bertz CT molecular complexity index is 580. The van der Waals surface area contributed by atoms with E-state index in [0.717, 1.165) is 36.5 Å². The number of hydrogen-bond acceptors (Lipinski definition) is 3. The highest BCUT2D eigenvalue weighted by Crippen LogP contribution is 2.35. The summed E-state index contributed by atoms with van der Waals surface area (Å²) < 4.78 is 11.5. The molecule has 5 nitrogen and oxygen atoms in total. The van der Waals surface area contributed by atoms with E-state index >= 15 is 0 Å². The number of ether oxygens (including phenoxy) is 2. The predicted molar refractivity (Wildman–Crippen MR) is 96.3 cm³/mol. The van der Waals surface area contributed by atoms with Crippen LogP contribution in [0.15, 0.2) is 29.3 Å². The average Bonchev–Trinajstić information content (AvgIpc) is 2.62. The Balaban J connectivity index is 1.63. The lowest BCUT2D eigenvalue weighted by molar-refractivity contribution is -0.0394. The van der Waals surface area contributed by atoms with E-state index in [1.807, 2.05) is 18.2 Å². The van der Waals surface area contributed by atoms with Crippen LogP contribution >= 0.6 is 0 Å². The van der Waals surface area contributed by atoms with Gasteiger partial charge in [0.15, 0.2) is 5.96 Å². The Morgan fingerprint density at radius 3 is 2.83 bits per heavy atom. The standard InChI is InChI=1S/C19H29N3O2/c1-14-7-10-19(23-2,11-8-14)13-21-18(20)22-16-9-12-24-17-6-4-3-5-15(16)17/h3-6,14,16H,7-13H2,1-2H3,(H3,20,21,22). The number of nitrogens with one attached hydrogen (secondary N) is 1. The van der Waals surface area contributed by atoms with E-state index in [9.17, 15) is 0 Å². The summed E-state index contributed by atoms with van der Waals surface area (Å²) in [6, 6.07) is 8.26. The minimum Gasteiger partial charge on any atom is -0.493 e. The number of methoxy groups -OCH3 is 1. The highest BCUT2D eigenvalue weighted by molar-refractivity contribution is 5.78. The van der Waals surface area contributed by atoms with Gasteiger partial charge in [0.2, 0.25) is 0 Å². The largest absolute Gasteiger partial charge is 0.493 e. The molecule has 1 aliphatic heterocycles. The predicted octanol–water partition coefficient (Wildman–Crippen LogP) is 3.01. The summed E-state index contributed by atoms with van der Waals surface area (Å²) >= 11 is 0. The molecule has 1 aromatic rings. The monoisotopic (exact) mass is 331 g/mol. The molecule has 1 saturated carbocycles. The molecule has 0 saturated heterocycles. The number of nitrogens with zero attached hydrogens (tertiary/aromatic N) is 1. The van der Waals surface area contributed by atoms with Gasteiger partial charge >= 0.3 is 0 Å². The quantitative estimate of drug-likeness (QED) is 0.657. The van der Waals surface area contributed by atoms with Crippen molar-refractivity contribution in [1.29, 1.82) is 0 Å². The zero-order chi connectivity index (χ0) is 17.0. The second-order valence-corrected chi connectivity index (χ2v) is 7.14. The van der Waals surface area contributed by atoms with Crippen molar-refractivity contribution in [2.45, 2.75) is 50.7 Å². The van der Waals surface area contributed by atoms with Crippen molar-refractivity contribution in [3.8, 4) is 5.75 Å². The van der Waals surface area contributed by atoms with Crippen molar-refractivity contribution in [1.82, 2.24) is 5.32 Å². The van der Waals surface area contributed by atoms with Gasteiger partial charge in [-0.2, -0.15) is 0 Å². The first-order valence-corrected chi connectivity index (χ1v) is 8.95. The van der Waals surface area contributed by atoms with Crippen LogP contribution in [0, 0.1) is 5.92 Å². The molecule has 1 aromatic carbocycles. The summed E-state index contributed by atoms with van der Waals surface area (Å²) in [5.41, 5.74) is 7.16. The fourth-order valence-corrected chi connectivity index (χ4v) is 3.66. The lowest BCUT2D eigenvalue weighted by Crippen LogP contribution is -2.42. The number of aliphatic imine (C=N–C) groups is 1. The van der Waals surface area contributed by atoms with Gasteiger partial charge in [0.1, 0.15) is 5.75 Å². The van der Waals surface area contributed by atoms with Crippen molar-refractivity contribution in [3.05, 3.63) is 29.8 Å². The van der Waals surface area contributed by atoms with Crippen LogP contribution < -0.4 is 15.8 Å². The molecule has 3 N–H and O–H groups in total. The van der Waals surface area contributed by atoms with E-state index in [0.29, 0.717) is 19.1 Å². The summed E-state index contributed by atoms with van der Waals surface area (Å²) in [6.07, 6.45) is 5.40. The molecule has 0 aromatic heterocycles. The molecule has 0 radical (unpaired) electrons. The van der Waals surface area contributed by atoms with Crippen LogP contribution in [0.5, 0.6) is 5.75 Å². The third-order valence-corrected chi connectivity index (χ3v) is 5.44. The van der Waals surface area contributed by atoms with E-state index in [2.05, 4.69) is 23.3 Å². The first kappa shape index (κ1) is 17.1. The molecular formula is C19H29N3O2. The number of guanidine groups is 1. The maximum absolute atomic E-state index is 6.16. The first-order valence-electron chi connectivity index (χ1n) is 8.95. The second-order valence-electron chi connectivity index (χ2n) is 7.14. The van der Waals surface area contributed by atoms with Crippen molar-refractivity contribution < 1.29 is 9.47 Å². The van der Waals surface area contributed by atoms with E-state index in [1.54, 1.807) is 7.11 Å². The van der Waals surface area contributed by atoms with Crippen LogP contribution in [-0.4, -0.2) is 31.8 Å². The topological polar surface area (TPSA) is 68.9 Å². The van der Waals surface area contributed by atoms with Gasteiger partial charge in [-0.1, -0.05) is 25.1 Å². The van der Waals surface area contributed by atoms with Gasteiger partial charge in [0, 0.05) is 19.1 Å². The SMILES string of the molecule is COC1(CN=C(N)NC2CCOc3ccccc32)CCC(C)CC1. The molecule has 1 atom stereocenters. The van der Waals surface area contributed by atoms with Crippen LogP contribution in [0.25, 0.3) is 0 Å². The molecule has 2 aliphatic rings. The number of nitrogens with two attached hydrogens (primary N) is 1. The van der Waals surface area contributed by atoms with Crippen molar-refractivity contribution in [3.63, 3.8) is 0 Å². The van der Waals surface area contributed by atoms with Crippen LogP contribution in [0.3, 0.4) is 0 Å². The maximum atomic E-state index is 6.16. The number of benzene rings is 1. The fourth-order valence-electron chi connectivity index (χ4n) is 3.66. The van der Waals surface area contributed by atoms with E-state index in [4.69, 9.17) is 15.2 Å². The van der Waals surface area contributed by atoms with Gasteiger partial charge in [0.25, 0.3) is 0 Å². The second kappa shape index (κ2) is 7.43. The zero-order valence-electron chi connectivity index (χ0n) is 14.8. The van der Waals surface area contributed by atoms with Crippen molar-refractivity contribution in [2.24, 2.45) is 16.6 Å².